The van der Waals surface area contributed by atoms with E-state index in [2.05, 4.69) is 10.4 Å². The zero-order chi connectivity index (χ0) is 18.4. The molecule has 2 aromatic rings. The van der Waals surface area contributed by atoms with Gasteiger partial charge in [0, 0.05) is 38.3 Å². The van der Waals surface area contributed by atoms with Gasteiger partial charge < -0.3 is 15.0 Å². The predicted molar refractivity (Wildman–Crippen MR) is 97.7 cm³/mol. The highest BCUT2D eigenvalue weighted by Gasteiger charge is 2.27. The number of hydrogen-bond acceptors (Lipinski definition) is 4. The number of hydrogen-bond donors (Lipinski definition) is 1. The van der Waals surface area contributed by atoms with E-state index in [9.17, 15) is 9.59 Å². The van der Waals surface area contributed by atoms with Crippen LogP contribution in [-0.4, -0.2) is 46.2 Å². The largest absolute Gasteiger partial charge is 0.493 e. The third-order valence-corrected chi connectivity index (χ3v) is 4.51. The summed E-state index contributed by atoms with van der Waals surface area (Å²) in [6.07, 6.45) is 3.47. The highest BCUT2D eigenvalue weighted by atomic mass is 16.5. The quantitative estimate of drug-likeness (QED) is 0.860. The van der Waals surface area contributed by atoms with Gasteiger partial charge in [0.25, 0.3) is 0 Å². The van der Waals surface area contributed by atoms with E-state index < -0.39 is 0 Å². The van der Waals surface area contributed by atoms with E-state index in [1.54, 1.807) is 24.0 Å². The minimum absolute atomic E-state index is 0.0248. The fourth-order valence-corrected chi connectivity index (χ4v) is 3.03. The molecule has 7 nitrogen and oxygen atoms in total. The van der Waals surface area contributed by atoms with Gasteiger partial charge in [-0.2, -0.15) is 5.10 Å². The van der Waals surface area contributed by atoms with E-state index in [1.165, 1.54) is 0 Å². The van der Waals surface area contributed by atoms with Crippen LogP contribution >= 0.6 is 0 Å². The van der Waals surface area contributed by atoms with Crippen LogP contribution in [0.3, 0.4) is 0 Å². The van der Waals surface area contributed by atoms with Crippen molar-refractivity contribution in [3.63, 3.8) is 0 Å². The second-order valence-electron chi connectivity index (χ2n) is 6.43. The lowest BCUT2D eigenvalue weighted by molar-refractivity contribution is -0.135. The van der Waals surface area contributed by atoms with Gasteiger partial charge in [-0.25, -0.2) is 0 Å². The summed E-state index contributed by atoms with van der Waals surface area (Å²) in [4.78, 5) is 26.4. The fraction of sp³-hybridized carbons (Fsp3) is 0.421. The second-order valence-corrected chi connectivity index (χ2v) is 6.43. The van der Waals surface area contributed by atoms with Gasteiger partial charge in [-0.05, 0) is 25.0 Å². The molecule has 0 spiro atoms. The summed E-state index contributed by atoms with van der Waals surface area (Å²) in [6, 6.07) is 11.2. The Morgan fingerprint density at radius 1 is 1.19 bits per heavy atom. The summed E-state index contributed by atoms with van der Waals surface area (Å²) in [7, 11) is 1.81. The van der Waals surface area contributed by atoms with E-state index in [0.717, 1.165) is 5.75 Å². The van der Waals surface area contributed by atoms with Crippen molar-refractivity contribution in [1.29, 1.82) is 0 Å². The summed E-state index contributed by atoms with van der Waals surface area (Å²) in [5.74, 6) is 1.30. The lowest BCUT2D eigenvalue weighted by Gasteiger charge is -2.31. The molecule has 0 bridgehead atoms. The lowest BCUT2D eigenvalue weighted by atomic mass is 9.95. The van der Waals surface area contributed by atoms with Gasteiger partial charge in [0.05, 0.1) is 13.0 Å². The summed E-state index contributed by atoms with van der Waals surface area (Å²) >= 11 is 0. The first-order chi connectivity index (χ1) is 12.6. The van der Waals surface area contributed by atoms with Gasteiger partial charge in [0.1, 0.15) is 5.75 Å². The fourth-order valence-electron chi connectivity index (χ4n) is 3.03. The van der Waals surface area contributed by atoms with Crippen molar-refractivity contribution in [2.45, 2.75) is 19.3 Å². The SMILES string of the molecule is Cn1ccc(NC(=O)C2CCN(C(=O)CCOc3ccccc3)CC2)n1. The number of aryl methyl sites for hydroxylation is 1. The number of rotatable bonds is 6. The van der Waals surface area contributed by atoms with Gasteiger partial charge >= 0.3 is 0 Å². The number of piperidine rings is 1. The first kappa shape index (κ1) is 18.0. The standard InChI is InChI=1S/C19H24N4O3/c1-22-11-9-17(21-22)20-19(25)15-7-12-23(13-8-15)18(24)10-14-26-16-5-3-2-4-6-16/h2-6,9,11,15H,7-8,10,12-14H2,1H3,(H,20,21,25). The number of benzene rings is 1. The van der Waals surface area contributed by atoms with Crippen LogP contribution in [0.1, 0.15) is 19.3 Å². The third-order valence-electron chi connectivity index (χ3n) is 4.51. The molecule has 7 heteroatoms. The van der Waals surface area contributed by atoms with E-state index in [-0.39, 0.29) is 17.7 Å². The Bertz CT molecular complexity index is 736. The molecule has 1 fully saturated rings. The molecule has 0 aliphatic carbocycles. The number of likely N-dealkylation sites (tertiary alicyclic amines) is 1. The van der Waals surface area contributed by atoms with Gasteiger partial charge in [-0.1, -0.05) is 18.2 Å². The average molecular weight is 356 g/mol. The number of nitrogens with one attached hydrogen (secondary N) is 1. The van der Waals surface area contributed by atoms with Gasteiger partial charge in [-0.15, -0.1) is 0 Å². The maximum Gasteiger partial charge on any atom is 0.228 e. The molecule has 2 amide bonds. The Morgan fingerprint density at radius 2 is 1.92 bits per heavy atom. The molecular formula is C19H24N4O3. The molecule has 1 saturated heterocycles. The Labute approximate surface area is 152 Å². The molecule has 1 N–H and O–H groups in total. The van der Waals surface area contributed by atoms with E-state index in [1.807, 2.05) is 35.2 Å². The van der Waals surface area contributed by atoms with Crippen molar-refractivity contribution < 1.29 is 14.3 Å². The molecule has 1 aromatic heterocycles. The maximum absolute atomic E-state index is 12.3. The summed E-state index contributed by atoms with van der Waals surface area (Å²) in [5.41, 5.74) is 0. The summed E-state index contributed by atoms with van der Waals surface area (Å²) in [6.45, 7) is 1.57. The Kier molecular flexibility index (Phi) is 5.88. The minimum atomic E-state index is -0.0818. The van der Waals surface area contributed by atoms with Crippen molar-refractivity contribution >= 4 is 17.6 Å². The van der Waals surface area contributed by atoms with Crippen LogP contribution in [0.25, 0.3) is 0 Å². The summed E-state index contributed by atoms with van der Waals surface area (Å²) < 4.78 is 7.22. The van der Waals surface area contributed by atoms with E-state index in [0.29, 0.717) is 44.8 Å². The lowest BCUT2D eigenvalue weighted by Crippen LogP contribution is -2.41. The molecule has 0 radical (unpaired) electrons. The van der Waals surface area contributed by atoms with Gasteiger partial charge in [-0.3, -0.25) is 14.3 Å². The number of ether oxygens (including phenoxy) is 1. The predicted octanol–water partition coefficient (Wildman–Crippen LogP) is 2.07. The zero-order valence-corrected chi connectivity index (χ0v) is 14.9. The molecule has 0 saturated carbocycles. The molecular weight excluding hydrogens is 332 g/mol. The number of nitrogens with zero attached hydrogens (tertiary/aromatic N) is 3. The molecule has 1 aliphatic rings. The number of carbonyl (C=O) groups excluding carboxylic acids is 2. The molecule has 0 atom stereocenters. The summed E-state index contributed by atoms with van der Waals surface area (Å²) in [5, 5.41) is 6.99. The molecule has 0 unspecified atom stereocenters. The van der Waals surface area contributed by atoms with Crippen LogP contribution in [0, 0.1) is 5.92 Å². The second kappa shape index (κ2) is 8.51. The first-order valence-electron chi connectivity index (χ1n) is 8.88. The highest BCUT2D eigenvalue weighted by molar-refractivity contribution is 5.91. The van der Waals surface area contributed by atoms with Crippen molar-refractivity contribution in [2.24, 2.45) is 13.0 Å². The number of para-hydroxylation sites is 1. The van der Waals surface area contributed by atoms with Crippen LogP contribution < -0.4 is 10.1 Å². The number of anilines is 1. The molecule has 3 rings (SSSR count). The van der Waals surface area contributed by atoms with Gasteiger partial charge in [0.15, 0.2) is 5.82 Å². The topological polar surface area (TPSA) is 76.5 Å². The number of amides is 2. The smallest absolute Gasteiger partial charge is 0.228 e. The van der Waals surface area contributed by atoms with E-state index >= 15 is 0 Å². The van der Waals surface area contributed by atoms with Crippen LogP contribution in [0.5, 0.6) is 5.75 Å². The van der Waals surface area contributed by atoms with Crippen LogP contribution in [0.2, 0.25) is 0 Å². The normalized spacial score (nSPS) is 14.9. The molecule has 1 aromatic carbocycles. The molecule has 1 aliphatic heterocycles. The van der Waals surface area contributed by atoms with Crippen molar-refractivity contribution in [3.8, 4) is 5.75 Å². The monoisotopic (exact) mass is 356 g/mol. The molecule has 138 valence electrons. The van der Waals surface area contributed by atoms with Crippen molar-refractivity contribution in [3.05, 3.63) is 42.6 Å². The number of carbonyl (C=O) groups is 2. The molecule has 2 heterocycles. The first-order valence-corrected chi connectivity index (χ1v) is 8.88. The highest BCUT2D eigenvalue weighted by Crippen LogP contribution is 2.20. The van der Waals surface area contributed by atoms with Gasteiger partial charge in [0.2, 0.25) is 11.8 Å². The van der Waals surface area contributed by atoms with Crippen LogP contribution in [0.15, 0.2) is 42.6 Å². The minimum Gasteiger partial charge on any atom is -0.493 e. The van der Waals surface area contributed by atoms with Crippen LogP contribution in [0.4, 0.5) is 5.82 Å². The maximum atomic E-state index is 12.3. The van der Waals surface area contributed by atoms with Crippen molar-refractivity contribution in [2.75, 3.05) is 25.0 Å². The van der Waals surface area contributed by atoms with Crippen molar-refractivity contribution in [1.82, 2.24) is 14.7 Å². The zero-order valence-electron chi connectivity index (χ0n) is 14.9. The van der Waals surface area contributed by atoms with E-state index in [4.69, 9.17) is 4.74 Å². The Morgan fingerprint density at radius 3 is 2.58 bits per heavy atom. The average Bonchev–Trinajstić information content (AvgIpc) is 3.07. The number of aromatic nitrogens is 2. The molecule has 26 heavy (non-hydrogen) atoms. The third kappa shape index (κ3) is 4.84. The Hall–Kier alpha value is -2.83. The Balaban J connectivity index is 1.38. The van der Waals surface area contributed by atoms with Crippen LogP contribution in [-0.2, 0) is 16.6 Å².